The second kappa shape index (κ2) is 12.9. The summed E-state index contributed by atoms with van der Waals surface area (Å²) in [6.07, 6.45) is 17.3. The van der Waals surface area contributed by atoms with Crippen LogP contribution >= 0.6 is 34.4 Å². The van der Waals surface area contributed by atoms with Crippen LogP contribution in [0.25, 0.3) is 0 Å². The Bertz CT molecular complexity index is 372. The molecule has 0 aromatic rings. The number of allylic oxidation sites excluding steroid dienone is 3. The first-order valence-electron chi connectivity index (χ1n) is 9.75. The monoisotopic (exact) mass is 448 g/mol. The molecule has 0 radical (unpaired) electrons. The maximum atomic E-state index is 2.61. The Morgan fingerprint density at radius 1 is 1.35 bits per heavy atom. The first kappa shape index (κ1) is 21.6. The van der Waals surface area contributed by atoms with Gasteiger partial charge < -0.3 is 0 Å². The van der Waals surface area contributed by atoms with Gasteiger partial charge in [-0.15, -0.1) is 11.8 Å². The second-order valence-corrected chi connectivity index (χ2v) is 9.55. The maximum Gasteiger partial charge on any atom is 0.0324 e. The molecule has 0 spiro atoms. The van der Waals surface area contributed by atoms with E-state index in [1.165, 1.54) is 63.5 Å². The van der Waals surface area contributed by atoms with Crippen molar-refractivity contribution in [1.29, 1.82) is 0 Å². The molecular formula is C21H37IS. The van der Waals surface area contributed by atoms with Crippen molar-refractivity contribution >= 4 is 34.4 Å². The molecule has 1 rings (SSSR count). The summed E-state index contributed by atoms with van der Waals surface area (Å²) in [6, 6.07) is 0. The van der Waals surface area contributed by atoms with E-state index in [0.29, 0.717) is 3.92 Å². The molecule has 1 aliphatic carbocycles. The van der Waals surface area contributed by atoms with E-state index >= 15 is 0 Å². The number of alkyl halides is 1. The third-order valence-corrected chi connectivity index (χ3v) is 8.13. The molecule has 0 aromatic carbocycles. The Morgan fingerprint density at radius 2 is 2.13 bits per heavy atom. The quantitative estimate of drug-likeness (QED) is 0.133. The summed E-state index contributed by atoms with van der Waals surface area (Å²) in [5, 5.41) is 0. The van der Waals surface area contributed by atoms with Crippen LogP contribution in [0.15, 0.2) is 22.6 Å². The zero-order chi connectivity index (χ0) is 17.1. The van der Waals surface area contributed by atoms with Gasteiger partial charge in [0.05, 0.1) is 0 Å². The van der Waals surface area contributed by atoms with Crippen LogP contribution in [-0.2, 0) is 0 Å². The number of thioether (sulfide) groups is 1. The molecule has 0 aromatic heterocycles. The van der Waals surface area contributed by atoms with Crippen molar-refractivity contribution in [1.82, 2.24) is 0 Å². The summed E-state index contributed by atoms with van der Waals surface area (Å²) in [4.78, 5) is 1.71. The predicted octanol–water partition coefficient (Wildman–Crippen LogP) is 8.17. The van der Waals surface area contributed by atoms with Crippen LogP contribution in [-0.4, -0.2) is 9.68 Å². The highest BCUT2D eigenvalue weighted by atomic mass is 127. The molecule has 1 aliphatic rings. The first-order valence-corrected chi connectivity index (χ1v) is 12.0. The van der Waals surface area contributed by atoms with E-state index in [4.69, 9.17) is 0 Å². The molecule has 134 valence electrons. The Kier molecular flexibility index (Phi) is 12.1. The minimum absolute atomic E-state index is 0.708. The highest BCUT2D eigenvalue weighted by Crippen LogP contribution is 2.40. The van der Waals surface area contributed by atoms with E-state index < -0.39 is 0 Å². The third kappa shape index (κ3) is 7.98. The summed E-state index contributed by atoms with van der Waals surface area (Å²) in [7, 11) is 0. The van der Waals surface area contributed by atoms with Crippen molar-refractivity contribution in [3.63, 3.8) is 0 Å². The summed E-state index contributed by atoms with van der Waals surface area (Å²) < 4.78 is 0.708. The van der Waals surface area contributed by atoms with E-state index in [2.05, 4.69) is 74.2 Å². The molecule has 0 saturated heterocycles. The minimum Gasteiger partial charge on any atom is -0.126 e. The van der Waals surface area contributed by atoms with Crippen LogP contribution in [0.2, 0.25) is 0 Å². The van der Waals surface area contributed by atoms with Gasteiger partial charge in [0.25, 0.3) is 0 Å². The van der Waals surface area contributed by atoms with E-state index in [1.807, 2.05) is 0 Å². The van der Waals surface area contributed by atoms with Crippen LogP contribution in [0.5, 0.6) is 0 Å². The van der Waals surface area contributed by atoms with Gasteiger partial charge in [-0.2, -0.15) is 0 Å². The fourth-order valence-electron chi connectivity index (χ4n) is 3.48. The number of hydrogen-bond acceptors (Lipinski definition) is 1. The highest BCUT2D eigenvalue weighted by molar-refractivity contribution is 14.1. The third-order valence-electron chi connectivity index (χ3n) is 5.17. The van der Waals surface area contributed by atoms with Crippen LogP contribution < -0.4 is 0 Å². The molecule has 0 bridgehead atoms. The minimum atomic E-state index is 0.708. The Hall–Kier alpha value is 0.560. The summed E-state index contributed by atoms with van der Waals surface area (Å²) >= 11 is 4.75. The van der Waals surface area contributed by atoms with Crippen molar-refractivity contribution < 1.29 is 0 Å². The second-order valence-electron chi connectivity index (χ2n) is 7.00. The van der Waals surface area contributed by atoms with E-state index in [0.717, 1.165) is 11.8 Å². The maximum absolute atomic E-state index is 2.61. The standard InChI is InChI=1S/C21H37IS/c1-5-8-9-10-13-17(4)19-14-11-12-15-21(19)23-16-18(6-2)20(22)7-3/h6,15,17,19-20H,5,7-14,16H2,1-4H3/b18-6-. The van der Waals surface area contributed by atoms with Gasteiger partial charge in [-0.1, -0.05) is 93.2 Å². The Labute approximate surface area is 163 Å². The molecule has 3 atom stereocenters. The lowest BCUT2D eigenvalue weighted by molar-refractivity contribution is 0.346. The number of hydrogen-bond donors (Lipinski definition) is 0. The summed E-state index contributed by atoms with van der Waals surface area (Å²) in [6.45, 7) is 9.31. The summed E-state index contributed by atoms with van der Waals surface area (Å²) in [5.74, 6) is 2.90. The summed E-state index contributed by atoms with van der Waals surface area (Å²) in [5.41, 5.74) is 1.62. The van der Waals surface area contributed by atoms with Crippen molar-refractivity contribution in [3.8, 4) is 0 Å². The lowest BCUT2D eigenvalue weighted by Crippen LogP contribution is -2.17. The lowest BCUT2D eigenvalue weighted by atomic mass is 9.82. The van der Waals surface area contributed by atoms with E-state index in [-0.39, 0.29) is 0 Å². The number of halogens is 1. The van der Waals surface area contributed by atoms with Crippen molar-refractivity contribution in [2.24, 2.45) is 11.8 Å². The van der Waals surface area contributed by atoms with Crippen LogP contribution in [0.3, 0.4) is 0 Å². The van der Waals surface area contributed by atoms with Gasteiger partial charge in [0, 0.05) is 9.68 Å². The van der Waals surface area contributed by atoms with Gasteiger partial charge in [0.15, 0.2) is 0 Å². The van der Waals surface area contributed by atoms with Crippen molar-refractivity contribution in [2.45, 2.75) is 89.4 Å². The molecule has 0 N–H and O–H groups in total. The fraction of sp³-hybridized carbons (Fsp3) is 0.810. The molecule has 0 heterocycles. The SMILES string of the molecule is C/C=C(/CSC1=CCCCC1C(C)CCCCCC)C(I)CC. The van der Waals surface area contributed by atoms with Gasteiger partial charge in [-0.25, -0.2) is 0 Å². The smallest absolute Gasteiger partial charge is 0.0324 e. The predicted molar refractivity (Wildman–Crippen MR) is 118 cm³/mol. The zero-order valence-corrected chi connectivity index (χ0v) is 18.7. The topological polar surface area (TPSA) is 0 Å². The Morgan fingerprint density at radius 3 is 2.78 bits per heavy atom. The van der Waals surface area contributed by atoms with Gasteiger partial charge in [-0.3, -0.25) is 0 Å². The van der Waals surface area contributed by atoms with Gasteiger partial charge in [-0.05, 0) is 49.3 Å². The molecule has 0 nitrogen and oxygen atoms in total. The molecule has 0 saturated carbocycles. The molecule has 3 unspecified atom stereocenters. The zero-order valence-electron chi connectivity index (χ0n) is 15.7. The van der Waals surface area contributed by atoms with Gasteiger partial charge in [0.1, 0.15) is 0 Å². The molecule has 0 aliphatic heterocycles. The van der Waals surface area contributed by atoms with Crippen LogP contribution in [0.4, 0.5) is 0 Å². The molecular weight excluding hydrogens is 411 g/mol. The first-order chi connectivity index (χ1) is 11.1. The number of unbranched alkanes of at least 4 members (excludes halogenated alkanes) is 3. The highest BCUT2D eigenvalue weighted by Gasteiger charge is 2.24. The van der Waals surface area contributed by atoms with Crippen LogP contribution in [0, 0.1) is 11.8 Å². The number of rotatable bonds is 11. The van der Waals surface area contributed by atoms with Crippen molar-refractivity contribution in [3.05, 3.63) is 22.6 Å². The largest absolute Gasteiger partial charge is 0.126 e. The fourth-order valence-corrected chi connectivity index (χ4v) is 5.86. The van der Waals surface area contributed by atoms with E-state index in [9.17, 15) is 0 Å². The van der Waals surface area contributed by atoms with Gasteiger partial charge >= 0.3 is 0 Å². The average Bonchev–Trinajstić information content (AvgIpc) is 2.59. The molecule has 0 amide bonds. The normalized spacial score (nSPS) is 21.9. The molecule has 2 heteroatoms. The van der Waals surface area contributed by atoms with Crippen LogP contribution in [0.1, 0.15) is 85.5 Å². The lowest BCUT2D eigenvalue weighted by Gasteiger charge is -2.30. The van der Waals surface area contributed by atoms with Crippen molar-refractivity contribution in [2.75, 3.05) is 5.75 Å². The van der Waals surface area contributed by atoms with E-state index in [1.54, 1.807) is 10.5 Å². The molecule has 0 fully saturated rings. The molecule has 23 heavy (non-hydrogen) atoms. The Balaban J connectivity index is 2.52. The van der Waals surface area contributed by atoms with Gasteiger partial charge in [0.2, 0.25) is 0 Å². The average molecular weight is 448 g/mol.